The second-order valence-corrected chi connectivity index (χ2v) is 32.0. The van der Waals surface area contributed by atoms with Crippen LogP contribution in [0.4, 0.5) is 34.1 Å². The van der Waals surface area contributed by atoms with E-state index in [1.54, 1.807) is 0 Å². The molecule has 0 spiro atoms. The smallest absolute Gasteiger partial charge is 0.0541 e. The Morgan fingerprint density at radius 3 is 0.793 bits per heavy atom. The molecule has 20 aromatic rings. The minimum absolute atomic E-state index is 0.213. The van der Waals surface area contributed by atoms with Crippen LogP contribution < -0.4 is 9.80 Å². The third-order valence-electron chi connectivity index (χ3n) is 24.6. The number of rotatable bonds is 13. The molecule has 0 N–H and O–H groups in total. The normalized spacial score (nSPS) is 12.8. The van der Waals surface area contributed by atoms with Gasteiger partial charge >= 0.3 is 0 Å². The lowest BCUT2D eigenvalue weighted by Crippen LogP contribution is -2.17. The summed E-state index contributed by atoms with van der Waals surface area (Å²) >= 11 is 0. The van der Waals surface area contributed by atoms with Crippen molar-refractivity contribution in [1.29, 1.82) is 0 Å². The Morgan fingerprint density at radius 2 is 0.440 bits per heavy atom. The molecule has 2 heterocycles. The van der Waals surface area contributed by atoms with Gasteiger partial charge in [0.2, 0.25) is 0 Å². The summed E-state index contributed by atoms with van der Waals surface area (Å²) in [5.74, 6) is 0. The minimum Gasteiger partial charge on any atom is -0.310 e. The lowest BCUT2D eigenvalue weighted by molar-refractivity contribution is 0.660. The van der Waals surface area contributed by atoms with E-state index in [9.17, 15) is 0 Å². The first-order valence-corrected chi connectivity index (χ1v) is 40.4. The second kappa shape index (κ2) is 28.3. The molecule has 550 valence electrons. The molecule has 0 saturated heterocycles. The summed E-state index contributed by atoms with van der Waals surface area (Å²) < 4.78 is 4.86. The van der Waals surface area contributed by atoms with Gasteiger partial charge in [0, 0.05) is 77.6 Å². The Balaban J connectivity index is 0.000000145. The highest BCUT2D eigenvalue weighted by molar-refractivity contribution is 6.11. The largest absolute Gasteiger partial charge is 0.310 e. The van der Waals surface area contributed by atoms with Gasteiger partial charge in [-0.3, -0.25) is 0 Å². The predicted molar refractivity (Wildman–Crippen MR) is 491 cm³/mol. The average molecular weight is 1480 g/mol. The molecule has 0 aliphatic heterocycles. The summed E-state index contributed by atoms with van der Waals surface area (Å²) in [6.07, 6.45) is 0. The number of benzene rings is 18. The summed E-state index contributed by atoms with van der Waals surface area (Å²) in [6, 6.07) is 155. The lowest BCUT2D eigenvalue weighted by atomic mass is 9.82. The molecule has 0 fully saturated rings. The van der Waals surface area contributed by atoms with Crippen molar-refractivity contribution >= 4 is 88.5 Å². The summed E-state index contributed by atoms with van der Waals surface area (Å²) in [7, 11) is 0. The van der Waals surface area contributed by atoms with Crippen molar-refractivity contribution in [3.05, 3.63) is 447 Å². The van der Waals surface area contributed by atoms with Crippen LogP contribution in [-0.4, -0.2) is 9.13 Å². The number of fused-ring (bicyclic) bond motifs is 13. The van der Waals surface area contributed by atoms with Crippen molar-refractivity contribution in [3.8, 4) is 89.3 Å². The van der Waals surface area contributed by atoms with Gasteiger partial charge in [0.05, 0.1) is 27.8 Å². The summed E-state index contributed by atoms with van der Waals surface area (Å²) in [4.78, 5) is 4.84. The fourth-order valence-electron chi connectivity index (χ4n) is 18.7. The maximum Gasteiger partial charge on any atom is 0.0541 e. The van der Waals surface area contributed by atoms with Gasteiger partial charge in [-0.2, -0.15) is 0 Å². The molecule has 0 radical (unpaired) electrons. The van der Waals surface area contributed by atoms with Gasteiger partial charge in [-0.25, -0.2) is 0 Å². The van der Waals surface area contributed by atoms with Crippen LogP contribution in [-0.2, 0) is 10.8 Å². The number of para-hydroxylation sites is 4. The molecule has 4 heteroatoms. The number of nitrogens with zero attached hydrogens (tertiary/aromatic N) is 4. The van der Waals surface area contributed by atoms with E-state index in [1.165, 1.54) is 166 Å². The van der Waals surface area contributed by atoms with Crippen molar-refractivity contribution in [2.24, 2.45) is 0 Å². The third-order valence-corrected chi connectivity index (χ3v) is 24.6. The molecular weight excluding hydrogens is 1400 g/mol. The molecule has 0 unspecified atom stereocenters. The maximum atomic E-state index is 2.44. The van der Waals surface area contributed by atoms with Crippen LogP contribution in [0.1, 0.15) is 49.9 Å². The van der Waals surface area contributed by atoms with Crippen LogP contribution in [0.25, 0.3) is 144 Å². The van der Waals surface area contributed by atoms with Gasteiger partial charge in [0.15, 0.2) is 0 Å². The molecule has 0 atom stereocenters. The highest BCUT2D eigenvalue weighted by Crippen LogP contribution is 2.55. The first-order chi connectivity index (χ1) is 57.0. The quantitative estimate of drug-likeness (QED) is 0.114. The van der Waals surface area contributed by atoms with E-state index in [0.717, 1.165) is 34.1 Å². The number of hydrogen-bond donors (Lipinski definition) is 0. The van der Waals surface area contributed by atoms with E-state index in [2.05, 4.69) is 471 Å². The van der Waals surface area contributed by atoms with Gasteiger partial charge < -0.3 is 18.9 Å². The fraction of sp³-hybridized carbons (Fsp3) is 0.0536. The van der Waals surface area contributed by atoms with Crippen molar-refractivity contribution in [3.63, 3.8) is 0 Å². The van der Waals surface area contributed by atoms with E-state index in [-0.39, 0.29) is 10.8 Å². The van der Waals surface area contributed by atoms with Crippen LogP contribution in [0.3, 0.4) is 0 Å². The zero-order valence-corrected chi connectivity index (χ0v) is 65.2. The number of hydrogen-bond acceptors (Lipinski definition) is 2. The Bertz CT molecular complexity index is 7020. The van der Waals surface area contributed by atoms with Gasteiger partial charge in [0.25, 0.3) is 0 Å². The predicted octanol–water partition coefficient (Wildman–Crippen LogP) is 30.6. The summed E-state index contributed by atoms with van der Waals surface area (Å²) in [5.41, 5.74) is 36.4. The van der Waals surface area contributed by atoms with E-state index >= 15 is 0 Å². The molecule has 2 aliphatic rings. The molecule has 0 saturated carbocycles. The van der Waals surface area contributed by atoms with E-state index in [4.69, 9.17) is 0 Å². The Hall–Kier alpha value is -14.6. The molecule has 116 heavy (non-hydrogen) atoms. The minimum atomic E-state index is -0.214. The van der Waals surface area contributed by atoms with Crippen LogP contribution in [0.15, 0.2) is 425 Å². The topological polar surface area (TPSA) is 16.3 Å². The fourth-order valence-corrected chi connectivity index (χ4v) is 18.7. The third kappa shape index (κ3) is 11.9. The highest BCUT2D eigenvalue weighted by Gasteiger charge is 2.39. The van der Waals surface area contributed by atoms with Crippen molar-refractivity contribution < 1.29 is 0 Å². The first-order valence-electron chi connectivity index (χ1n) is 40.4. The van der Waals surface area contributed by atoms with Gasteiger partial charge in [-0.15, -0.1) is 0 Å². The monoisotopic (exact) mass is 1480 g/mol. The highest BCUT2D eigenvalue weighted by atomic mass is 15.1. The molecular formula is C112H82N4. The second-order valence-electron chi connectivity index (χ2n) is 32.0. The molecule has 0 bridgehead atoms. The van der Waals surface area contributed by atoms with Crippen LogP contribution in [0.2, 0.25) is 0 Å². The summed E-state index contributed by atoms with van der Waals surface area (Å²) in [5, 5.41) is 7.57. The molecule has 0 amide bonds. The molecule has 18 aromatic carbocycles. The Labute approximate surface area is 677 Å². The lowest BCUT2D eigenvalue weighted by Gasteiger charge is -2.29. The molecule has 22 rings (SSSR count). The average Bonchev–Trinajstić information content (AvgIpc) is 1.56. The molecule has 4 nitrogen and oxygen atoms in total. The van der Waals surface area contributed by atoms with Gasteiger partial charge in [-0.1, -0.05) is 337 Å². The van der Waals surface area contributed by atoms with E-state index in [0.29, 0.717) is 0 Å². The number of anilines is 6. The van der Waals surface area contributed by atoms with Crippen LogP contribution >= 0.6 is 0 Å². The van der Waals surface area contributed by atoms with Crippen molar-refractivity contribution in [1.82, 2.24) is 9.13 Å². The zero-order valence-electron chi connectivity index (χ0n) is 65.2. The van der Waals surface area contributed by atoms with E-state index < -0.39 is 0 Å². The van der Waals surface area contributed by atoms with Crippen LogP contribution in [0.5, 0.6) is 0 Å². The van der Waals surface area contributed by atoms with E-state index in [1.807, 2.05) is 0 Å². The number of aromatic nitrogens is 2. The van der Waals surface area contributed by atoms with Crippen molar-refractivity contribution in [2.75, 3.05) is 9.80 Å². The van der Waals surface area contributed by atoms with Gasteiger partial charge in [0.1, 0.15) is 0 Å². The SMILES string of the molecule is CC1(C)c2cc(N(c3ccc(-c4ccc(-c5ccccc5)cc4)cc3)c3cccc4ccccc34)ccc2-c2ccc(-n3c4ccccc4c4ccccc43)cc21.CC1(C)c2cc(N(c3ccc(-c4ccccc4)cc3)c3ccc(-c4ccc(-c5ccccc5)cc4)cc3)ccc2-c2ccc(-n3c4ccccc4c4ccccc43)cc21. The zero-order chi connectivity index (χ0) is 77.6. The molecule has 2 aromatic heterocycles. The Morgan fingerprint density at radius 1 is 0.190 bits per heavy atom. The standard InChI is InChI=1S/C57H42N2.C55H40N2/c1-57(2)53-37-47(33-35-49(53)50-36-34-48(38-54(50)57)59-55-19-11-9-17-51(55)52-18-10-12-20-56(52)59)58(45-29-25-43(26-30-45)40-15-7-4-8-16-40)46-31-27-44(28-32-46)42-23-21-41(22-24-42)39-13-5-3-6-14-39;1-55(2)50-35-43(31-33-46(50)47-34-32-44(36-51(47)55)57-53-20-10-8-18-48(53)49-19-9-11-21-54(49)57)56(52-22-12-16-41-15-6-7-17-45(41)52)42-29-27-40(28-30-42)39-25-23-38(24-26-39)37-13-4-3-5-14-37/h3-38H,1-2H3;3-36H,1-2H3. The first kappa shape index (κ1) is 69.4. The van der Waals surface area contributed by atoms with Crippen molar-refractivity contribution in [2.45, 2.75) is 38.5 Å². The van der Waals surface area contributed by atoms with Crippen LogP contribution in [0, 0.1) is 0 Å². The summed E-state index contributed by atoms with van der Waals surface area (Å²) in [6.45, 7) is 9.54. The molecule has 2 aliphatic carbocycles. The maximum absolute atomic E-state index is 2.44. The Kier molecular flexibility index (Phi) is 16.9. The van der Waals surface area contributed by atoms with Gasteiger partial charge in [-0.05, 0) is 221 Å².